The summed E-state index contributed by atoms with van der Waals surface area (Å²) in [5, 5.41) is 2.45. The lowest BCUT2D eigenvalue weighted by molar-refractivity contribution is 1.35. The molecule has 1 heterocycles. The van der Waals surface area contributed by atoms with Gasteiger partial charge in [0, 0.05) is 17.0 Å². The molecule has 0 spiro atoms. The maximum absolute atomic E-state index is 5.98. The van der Waals surface area contributed by atoms with Gasteiger partial charge in [-0.05, 0) is 6.07 Å². The van der Waals surface area contributed by atoms with Crippen molar-refractivity contribution in [1.29, 1.82) is 0 Å². The van der Waals surface area contributed by atoms with Gasteiger partial charge >= 0.3 is 0 Å². The van der Waals surface area contributed by atoms with E-state index in [1.807, 2.05) is 0 Å². The molecule has 2 aromatic rings. The van der Waals surface area contributed by atoms with Crippen LogP contribution in [0.5, 0.6) is 0 Å². The first-order valence-corrected chi connectivity index (χ1v) is 5.12. The average Bonchev–Trinajstić information content (AvgIpc) is 2.23. The van der Waals surface area contributed by atoms with Gasteiger partial charge in [-0.25, -0.2) is 0 Å². The number of benzene rings is 1. The van der Waals surface area contributed by atoms with Crippen LogP contribution in [0.15, 0.2) is 12.3 Å². The van der Waals surface area contributed by atoms with Crippen LogP contribution in [-0.4, -0.2) is 4.98 Å². The normalized spacial score (nSPS) is 10.9. The fourth-order valence-electron chi connectivity index (χ4n) is 1.13. The first-order valence-electron chi connectivity index (χ1n) is 3.61. The molecule has 5 heteroatoms. The van der Waals surface area contributed by atoms with Gasteiger partial charge in [-0.2, -0.15) is 0 Å². The second-order valence-corrected chi connectivity index (χ2v) is 4.11. The standard InChI is InChI=1S/C9H2Cl4N/c10-6-4-1-2-14-3-5(4)7(11)9(13)8(6)12/h1-2H. The minimum atomic E-state index is 0.232. The fraction of sp³-hybridized carbons (Fsp3) is 0. The van der Waals surface area contributed by atoms with E-state index in [0.29, 0.717) is 20.8 Å². The lowest BCUT2D eigenvalue weighted by Crippen LogP contribution is -1.82. The van der Waals surface area contributed by atoms with Crippen molar-refractivity contribution < 1.29 is 0 Å². The van der Waals surface area contributed by atoms with Crippen LogP contribution < -0.4 is 0 Å². The Bertz CT molecular complexity index is 463. The van der Waals surface area contributed by atoms with E-state index in [2.05, 4.69) is 11.2 Å². The van der Waals surface area contributed by atoms with E-state index in [1.165, 1.54) is 0 Å². The fourth-order valence-corrected chi connectivity index (χ4v) is 2.10. The van der Waals surface area contributed by atoms with Crippen molar-refractivity contribution in [3.05, 3.63) is 38.6 Å². The van der Waals surface area contributed by atoms with Crippen LogP contribution in [0.2, 0.25) is 20.1 Å². The molecule has 0 saturated carbocycles. The Morgan fingerprint density at radius 2 is 1.57 bits per heavy atom. The van der Waals surface area contributed by atoms with Crippen molar-refractivity contribution in [3.8, 4) is 0 Å². The highest BCUT2D eigenvalue weighted by Crippen LogP contribution is 2.42. The molecule has 0 fully saturated rings. The number of aromatic nitrogens is 1. The van der Waals surface area contributed by atoms with Gasteiger partial charge in [0.1, 0.15) is 0 Å². The molecule has 2 rings (SSSR count). The summed E-state index contributed by atoms with van der Waals surface area (Å²) in [4.78, 5) is 3.82. The monoisotopic (exact) mass is 264 g/mol. The van der Waals surface area contributed by atoms with Crippen molar-refractivity contribution in [2.45, 2.75) is 0 Å². The van der Waals surface area contributed by atoms with E-state index in [4.69, 9.17) is 46.4 Å². The van der Waals surface area contributed by atoms with Crippen LogP contribution in [-0.2, 0) is 0 Å². The number of halogens is 4. The molecule has 0 aliphatic rings. The zero-order valence-corrected chi connectivity index (χ0v) is 9.64. The third-order valence-electron chi connectivity index (χ3n) is 1.80. The van der Waals surface area contributed by atoms with Gasteiger partial charge in [-0.15, -0.1) is 0 Å². The summed E-state index contributed by atoms with van der Waals surface area (Å²) in [7, 11) is 0. The van der Waals surface area contributed by atoms with Crippen molar-refractivity contribution in [1.82, 2.24) is 4.98 Å². The van der Waals surface area contributed by atoms with Crippen molar-refractivity contribution in [2.75, 3.05) is 0 Å². The van der Waals surface area contributed by atoms with E-state index < -0.39 is 0 Å². The highest BCUT2D eigenvalue weighted by molar-refractivity contribution is 6.55. The van der Waals surface area contributed by atoms with Gasteiger partial charge in [-0.1, -0.05) is 46.4 Å². The highest BCUT2D eigenvalue weighted by Gasteiger charge is 2.14. The van der Waals surface area contributed by atoms with Crippen molar-refractivity contribution in [3.63, 3.8) is 0 Å². The number of rotatable bonds is 0. The molecule has 14 heavy (non-hydrogen) atoms. The molecule has 0 aliphatic heterocycles. The average molecular weight is 266 g/mol. The summed E-state index contributed by atoms with van der Waals surface area (Å²) in [6.45, 7) is 0. The Kier molecular flexibility index (Phi) is 2.76. The smallest absolute Gasteiger partial charge is 0.0987 e. The van der Waals surface area contributed by atoms with Crippen LogP contribution >= 0.6 is 46.4 Å². The number of hydrogen-bond acceptors (Lipinski definition) is 1. The Morgan fingerprint density at radius 1 is 0.929 bits per heavy atom. The first kappa shape index (κ1) is 10.3. The number of hydrogen-bond donors (Lipinski definition) is 0. The summed E-state index contributed by atoms with van der Waals surface area (Å²) in [6, 6.07) is 1.71. The largest absolute Gasteiger partial charge is 0.254 e. The zero-order valence-electron chi connectivity index (χ0n) is 6.61. The summed E-state index contributed by atoms with van der Waals surface area (Å²) < 4.78 is 0. The van der Waals surface area contributed by atoms with E-state index in [0.717, 1.165) is 0 Å². The summed E-state index contributed by atoms with van der Waals surface area (Å²) in [5.41, 5.74) is 0. The summed E-state index contributed by atoms with van der Waals surface area (Å²) in [6.07, 6.45) is 4.28. The Morgan fingerprint density at radius 3 is 2.29 bits per heavy atom. The van der Waals surface area contributed by atoms with E-state index in [1.54, 1.807) is 12.3 Å². The van der Waals surface area contributed by atoms with E-state index >= 15 is 0 Å². The molecule has 1 nitrogen and oxygen atoms in total. The molecule has 0 unspecified atom stereocenters. The molecular formula is C9H2Cl4N. The van der Waals surface area contributed by atoms with Crippen LogP contribution in [0.1, 0.15) is 0 Å². The van der Waals surface area contributed by atoms with E-state index in [-0.39, 0.29) is 10.0 Å². The number of pyridine rings is 1. The van der Waals surface area contributed by atoms with Gasteiger partial charge in [0.15, 0.2) is 0 Å². The molecular weight excluding hydrogens is 264 g/mol. The number of fused-ring (bicyclic) bond motifs is 1. The second-order valence-electron chi connectivity index (χ2n) is 2.60. The zero-order chi connectivity index (χ0) is 10.3. The third kappa shape index (κ3) is 1.45. The lowest BCUT2D eigenvalue weighted by atomic mass is 10.2. The SMILES string of the molecule is Clc1c(Cl)c(Cl)c2ccn[c]c2c1Cl. The molecule has 1 aromatic heterocycles. The summed E-state index contributed by atoms with van der Waals surface area (Å²) in [5.74, 6) is 0. The van der Waals surface area contributed by atoms with Gasteiger partial charge < -0.3 is 0 Å². The molecule has 0 atom stereocenters. The van der Waals surface area contributed by atoms with Crippen LogP contribution in [0.4, 0.5) is 0 Å². The predicted octanol–water partition coefficient (Wildman–Crippen LogP) is 4.65. The minimum Gasteiger partial charge on any atom is -0.254 e. The molecule has 71 valence electrons. The second kappa shape index (κ2) is 3.74. The third-order valence-corrected chi connectivity index (χ3v) is 3.61. The maximum atomic E-state index is 5.98. The Labute approximate surface area is 101 Å². The van der Waals surface area contributed by atoms with Gasteiger partial charge in [0.05, 0.1) is 26.3 Å². The Hall–Kier alpha value is -0.210. The van der Waals surface area contributed by atoms with Crippen LogP contribution in [0.3, 0.4) is 0 Å². The minimum absolute atomic E-state index is 0.232. The molecule has 0 N–H and O–H groups in total. The molecule has 1 radical (unpaired) electrons. The van der Waals surface area contributed by atoms with Crippen LogP contribution in [0, 0.1) is 6.20 Å². The summed E-state index contributed by atoms with van der Waals surface area (Å²) >= 11 is 23.7. The predicted molar refractivity (Wildman–Crippen MR) is 60.6 cm³/mol. The lowest BCUT2D eigenvalue weighted by Gasteiger charge is -2.06. The molecule has 0 saturated heterocycles. The topological polar surface area (TPSA) is 12.9 Å². The molecule has 0 aliphatic carbocycles. The van der Waals surface area contributed by atoms with Crippen molar-refractivity contribution >= 4 is 57.2 Å². The number of nitrogens with zero attached hydrogens (tertiary/aromatic N) is 1. The maximum Gasteiger partial charge on any atom is 0.0987 e. The highest BCUT2D eigenvalue weighted by atomic mass is 35.5. The first-order chi connectivity index (χ1) is 6.63. The quantitative estimate of drug-likeness (QED) is 0.499. The van der Waals surface area contributed by atoms with E-state index in [9.17, 15) is 0 Å². The van der Waals surface area contributed by atoms with Gasteiger partial charge in [-0.3, -0.25) is 4.98 Å². The van der Waals surface area contributed by atoms with Gasteiger partial charge in [0.25, 0.3) is 0 Å². The van der Waals surface area contributed by atoms with Crippen molar-refractivity contribution in [2.24, 2.45) is 0 Å². The molecule has 0 bridgehead atoms. The van der Waals surface area contributed by atoms with Gasteiger partial charge in [0.2, 0.25) is 0 Å². The van der Waals surface area contributed by atoms with Crippen LogP contribution in [0.25, 0.3) is 10.8 Å². The Balaban J connectivity index is 3.02. The molecule has 0 amide bonds. The molecule has 1 aromatic carbocycles.